The van der Waals surface area contributed by atoms with Gasteiger partial charge in [-0.05, 0) is 62.4 Å². The molecule has 1 unspecified atom stereocenters. The van der Waals surface area contributed by atoms with Crippen LogP contribution in [0.4, 0.5) is 0 Å². The SMILES string of the molecule is CCC(CCCOc1ccc(C(C)C)c(C)c1)NC. The largest absolute Gasteiger partial charge is 0.494 e. The first kappa shape index (κ1) is 16.0. The highest BCUT2D eigenvalue weighted by Crippen LogP contribution is 2.23. The van der Waals surface area contributed by atoms with E-state index in [0.29, 0.717) is 12.0 Å². The fourth-order valence-electron chi connectivity index (χ4n) is 2.46. The van der Waals surface area contributed by atoms with Crippen molar-refractivity contribution in [3.8, 4) is 5.75 Å². The summed E-state index contributed by atoms with van der Waals surface area (Å²) < 4.78 is 5.83. The van der Waals surface area contributed by atoms with Crippen LogP contribution in [0.5, 0.6) is 5.75 Å². The van der Waals surface area contributed by atoms with E-state index in [0.717, 1.165) is 18.8 Å². The molecule has 0 heterocycles. The second-order valence-corrected chi connectivity index (χ2v) is 5.56. The van der Waals surface area contributed by atoms with Crippen molar-refractivity contribution in [1.29, 1.82) is 0 Å². The zero-order valence-corrected chi connectivity index (χ0v) is 13.1. The lowest BCUT2D eigenvalue weighted by atomic mass is 9.98. The molecule has 1 aromatic rings. The van der Waals surface area contributed by atoms with Crippen LogP contribution in [0.1, 0.15) is 57.1 Å². The molecule has 1 aromatic carbocycles. The van der Waals surface area contributed by atoms with Gasteiger partial charge in [0.1, 0.15) is 5.75 Å². The van der Waals surface area contributed by atoms with Gasteiger partial charge in [-0.3, -0.25) is 0 Å². The number of ether oxygens (including phenoxy) is 1. The molecular weight excluding hydrogens is 234 g/mol. The second-order valence-electron chi connectivity index (χ2n) is 5.56. The summed E-state index contributed by atoms with van der Waals surface area (Å²) in [5.74, 6) is 1.58. The third-order valence-corrected chi connectivity index (χ3v) is 3.73. The molecule has 0 bridgehead atoms. The number of benzene rings is 1. The van der Waals surface area contributed by atoms with Crippen LogP contribution in [-0.4, -0.2) is 19.7 Å². The molecule has 0 saturated carbocycles. The lowest BCUT2D eigenvalue weighted by Gasteiger charge is -2.15. The Morgan fingerprint density at radius 2 is 2.00 bits per heavy atom. The van der Waals surface area contributed by atoms with Crippen molar-refractivity contribution in [3.05, 3.63) is 29.3 Å². The van der Waals surface area contributed by atoms with E-state index in [-0.39, 0.29) is 0 Å². The van der Waals surface area contributed by atoms with Crippen molar-refractivity contribution in [2.24, 2.45) is 0 Å². The highest BCUT2D eigenvalue weighted by molar-refractivity contribution is 5.36. The van der Waals surface area contributed by atoms with Crippen LogP contribution < -0.4 is 10.1 Å². The molecule has 0 aromatic heterocycles. The Morgan fingerprint density at radius 3 is 2.53 bits per heavy atom. The van der Waals surface area contributed by atoms with Gasteiger partial charge in [0.05, 0.1) is 6.61 Å². The normalized spacial score (nSPS) is 12.7. The summed E-state index contributed by atoms with van der Waals surface area (Å²) >= 11 is 0. The van der Waals surface area contributed by atoms with Crippen LogP contribution in [0.3, 0.4) is 0 Å². The molecule has 0 radical (unpaired) electrons. The van der Waals surface area contributed by atoms with Gasteiger partial charge < -0.3 is 10.1 Å². The Balaban J connectivity index is 2.40. The quantitative estimate of drug-likeness (QED) is 0.707. The van der Waals surface area contributed by atoms with Gasteiger partial charge in [-0.2, -0.15) is 0 Å². The minimum atomic E-state index is 0.579. The minimum Gasteiger partial charge on any atom is -0.494 e. The van der Waals surface area contributed by atoms with Crippen molar-refractivity contribution < 1.29 is 4.74 Å². The van der Waals surface area contributed by atoms with Gasteiger partial charge in [-0.15, -0.1) is 0 Å². The third kappa shape index (κ3) is 5.23. The molecule has 0 amide bonds. The van der Waals surface area contributed by atoms with Gasteiger partial charge in [0.2, 0.25) is 0 Å². The fraction of sp³-hybridized carbons (Fsp3) is 0.647. The van der Waals surface area contributed by atoms with Crippen LogP contribution in [0.25, 0.3) is 0 Å². The molecule has 0 spiro atoms. The number of hydrogen-bond acceptors (Lipinski definition) is 2. The van der Waals surface area contributed by atoms with Crippen molar-refractivity contribution in [2.75, 3.05) is 13.7 Å². The molecule has 0 aliphatic heterocycles. The van der Waals surface area contributed by atoms with E-state index in [9.17, 15) is 0 Å². The molecule has 1 atom stereocenters. The van der Waals surface area contributed by atoms with E-state index in [2.05, 4.69) is 51.2 Å². The average Bonchev–Trinajstić information content (AvgIpc) is 2.38. The monoisotopic (exact) mass is 263 g/mol. The molecule has 1 N–H and O–H groups in total. The summed E-state index contributed by atoms with van der Waals surface area (Å²) in [7, 11) is 2.03. The van der Waals surface area contributed by atoms with Gasteiger partial charge in [-0.1, -0.05) is 26.8 Å². The summed E-state index contributed by atoms with van der Waals surface area (Å²) in [5, 5.41) is 3.32. The first-order valence-corrected chi connectivity index (χ1v) is 7.49. The Bertz CT molecular complexity index is 370. The molecular formula is C17H29NO. The Labute approximate surface area is 118 Å². The smallest absolute Gasteiger partial charge is 0.119 e. The van der Waals surface area contributed by atoms with Crippen LogP contribution in [-0.2, 0) is 0 Å². The number of hydrogen-bond donors (Lipinski definition) is 1. The van der Waals surface area contributed by atoms with Gasteiger partial charge in [-0.25, -0.2) is 0 Å². The number of rotatable bonds is 8. The predicted octanol–water partition coefficient (Wildman–Crippen LogP) is 4.28. The zero-order valence-electron chi connectivity index (χ0n) is 13.1. The second kappa shape index (κ2) is 8.21. The summed E-state index contributed by atoms with van der Waals surface area (Å²) in [6.45, 7) is 9.64. The van der Waals surface area contributed by atoms with E-state index in [1.807, 2.05) is 7.05 Å². The topological polar surface area (TPSA) is 21.3 Å². The van der Waals surface area contributed by atoms with Crippen LogP contribution in [0.15, 0.2) is 18.2 Å². The lowest BCUT2D eigenvalue weighted by Crippen LogP contribution is -2.24. The maximum absolute atomic E-state index is 5.83. The summed E-state index contributed by atoms with van der Waals surface area (Å²) in [5.41, 5.74) is 2.74. The van der Waals surface area contributed by atoms with Crippen molar-refractivity contribution in [1.82, 2.24) is 5.32 Å². The highest BCUT2D eigenvalue weighted by Gasteiger charge is 2.05. The van der Waals surface area contributed by atoms with E-state index < -0.39 is 0 Å². The fourth-order valence-corrected chi connectivity index (χ4v) is 2.46. The molecule has 108 valence electrons. The Kier molecular flexibility index (Phi) is 6.93. The van der Waals surface area contributed by atoms with Gasteiger partial charge in [0, 0.05) is 6.04 Å². The van der Waals surface area contributed by atoms with Crippen molar-refractivity contribution >= 4 is 0 Å². The standard InChI is InChI=1S/C17H29NO/c1-6-15(18-5)8-7-11-19-16-9-10-17(13(2)3)14(4)12-16/h9-10,12-13,15,18H,6-8,11H2,1-5H3. The predicted molar refractivity (Wildman–Crippen MR) is 83.1 cm³/mol. The molecule has 0 saturated heterocycles. The molecule has 1 rings (SSSR count). The van der Waals surface area contributed by atoms with E-state index in [1.54, 1.807) is 0 Å². The molecule has 0 fully saturated rings. The van der Waals surface area contributed by atoms with E-state index in [4.69, 9.17) is 4.74 Å². The molecule has 0 aliphatic carbocycles. The molecule has 2 heteroatoms. The first-order chi connectivity index (χ1) is 9.08. The van der Waals surface area contributed by atoms with Gasteiger partial charge >= 0.3 is 0 Å². The summed E-state index contributed by atoms with van der Waals surface area (Å²) in [6, 6.07) is 7.06. The molecule has 0 aliphatic rings. The molecule has 2 nitrogen and oxygen atoms in total. The Hall–Kier alpha value is -1.02. The lowest BCUT2D eigenvalue weighted by molar-refractivity contribution is 0.296. The maximum atomic E-state index is 5.83. The van der Waals surface area contributed by atoms with Crippen LogP contribution in [0.2, 0.25) is 0 Å². The molecule has 19 heavy (non-hydrogen) atoms. The van der Waals surface area contributed by atoms with E-state index >= 15 is 0 Å². The number of nitrogens with one attached hydrogen (secondary N) is 1. The Morgan fingerprint density at radius 1 is 1.26 bits per heavy atom. The highest BCUT2D eigenvalue weighted by atomic mass is 16.5. The third-order valence-electron chi connectivity index (χ3n) is 3.73. The van der Waals surface area contributed by atoms with Gasteiger partial charge in [0.15, 0.2) is 0 Å². The minimum absolute atomic E-state index is 0.579. The van der Waals surface area contributed by atoms with Crippen LogP contribution in [0, 0.1) is 6.92 Å². The van der Waals surface area contributed by atoms with Gasteiger partial charge in [0.25, 0.3) is 0 Å². The average molecular weight is 263 g/mol. The zero-order chi connectivity index (χ0) is 14.3. The van der Waals surface area contributed by atoms with Crippen molar-refractivity contribution in [2.45, 2.75) is 58.9 Å². The summed E-state index contributed by atoms with van der Waals surface area (Å²) in [4.78, 5) is 0. The van der Waals surface area contributed by atoms with Crippen molar-refractivity contribution in [3.63, 3.8) is 0 Å². The maximum Gasteiger partial charge on any atom is 0.119 e. The summed E-state index contributed by atoms with van der Waals surface area (Å²) in [6.07, 6.45) is 3.46. The van der Waals surface area contributed by atoms with Crippen LogP contribution >= 0.6 is 0 Å². The van der Waals surface area contributed by atoms with E-state index in [1.165, 1.54) is 24.0 Å². The number of aryl methyl sites for hydroxylation is 1. The first-order valence-electron chi connectivity index (χ1n) is 7.49.